The number of ether oxygens (including phenoxy) is 1. The van der Waals surface area contributed by atoms with Crippen LogP contribution in [0.5, 0.6) is 5.75 Å². The molecule has 0 spiro atoms. The molecule has 0 aliphatic heterocycles. The van der Waals surface area contributed by atoms with Gasteiger partial charge in [0.05, 0.1) is 5.02 Å². The Morgan fingerprint density at radius 1 is 1.29 bits per heavy atom. The van der Waals surface area contributed by atoms with Gasteiger partial charge < -0.3 is 10.5 Å². The predicted molar refractivity (Wildman–Crippen MR) is 64.4 cm³/mol. The maximum atomic E-state index is 13.4. The van der Waals surface area contributed by atoms with Gasteiger partial charge in [0.15, 0.2) is 11.6 Å². The molecule has 0 saturated heterocycles. The number of pyridine rings is 1. The highest BCUT2D eigenvalue weighted by Gasteiger charge is 2.08. The molecule has 1 aromatic carbocycles. The average molecular weight is 253 g/mol. The highest BCUT2D eigenvalue weighted by atomic mass is 35.5. The molecule has 0 bridgehead atoms. The summed E-state index contributed by atoms with van der Waals surface area (Å²) in [5.41, 5.74) is 5.90. The van der Waals surface area contributed by atoms with E-state index in [0.717, 1.165) is 0 Å². The molecule has 0 atom stereocenters. The van der Waals surface area contributed by atoms with Gasteiger partial charge >= 0.3 is 0 Å². The summed E-state index contributed by atoms with van der Waals surface area (Å²) in [6.07, 6.45) is 1.55. The molecule has 1 aromatic heterocycles. The second-order valence-electron chi connectivity index (χ2n) is 3.38. The molecule has 0 aliphatic carbocycles. The Morgan fingerprint density at radius 2 is 2.12 bits per heavy atom. The number of nitrogens with two attached hydrogens (primary N) is 1. The molecule has 0 aliphatic rings. The van der Waals surface area contributed by atoms with Gasteiger partial charge in [-0.15, -0.1) is 0 Å². The Hall–Kier alpha value is -1.81. The minimum Gasteiger partial charge on any atom is -0.485 e. The summed E-state index contributed by atoms with van der Waals surface area (Å²) >= 11 is 5.87. The van der Waals surface area contributed by atoms with E-state index in [0.29, 0.717) is 16.3 Å². The van der Waals surface area contributed by atoms with E-state index in [1.807, 2.05) is 0 Å². The lowest BCUT2D eigenvalue weighted by molar-refractivity contribution is 0.300. The fourth-order valence-corrected chi connectivity index (χ4v) is 1.56. The highest BCUT2D eigenvalue weighted by Crippen LogP contribution is 2.23. The van der Waals surface area contributed by atoms with Crippen LogP contribution in [-0.4, -0.2) is 4.98 Å². The summed E-state index contributed by atoms with van der Waals surface area (Å²) in [5.74, 6) is 0.270. The molecule has 1 heterocycles. The lowest BCUT2D eigenvalue weighted by atomic mass is 10.2. The van der Waals surface area contributed by atoms with Crippen LogP contribution in [0, 0.1) is 5.82 Å². The first-order valence-corrected chi connectivity index (χ1v) is 5.32. The quantitative estimate of drug-likeness (QED) is 0.913. The van der Waals surface area contributed by atoms with Gasteiger partial charge in [0.2, 0.25) is 0 Å². The van der Waals surface area contributed by atoms with Gasteiger partial charge in [0.1, 0.15) is 12.4 Å². The van der Waals surface area contributed by atoms with E-state index in [1.54, 1.807) is 30.5 Å². The number of hydrogen-bond donors (Lipinski definition) is 1. The van der Waals surface area contributed by atoms with Gasteiger partial charge in [-0.2, -0.15) is 0 Å². The van der Waals surface area contributed by atoms with Gasteiger partial charge in [-0.25, -0.2) is 9.37 Å². The van der Waals surface area contributed by atoms with Gasteiger partial charge in [-0.05, 0) is 24.3 Å². The highest BCUT2D eigenvalue weighted by molar-refractivity contribution is 6.31. The first-order chi connectivity index (χ1) is 8.18. The van der Waals surface area contributed by atoms with Crippen molar-refractivity contribution in [2.24, 2.45) is 0 Å². The Labute approximate surface area is 103 Å². The van der Waals surface area contributed by atoms with Crippen LogP contribution in [0.4, 0.5) is 10.2 Å². The van der Waals surface area contributed by atoms with Crippen molar-refractivity contribution in [1.82, 2.24) is 4.98 Å². The van der Waals surface area contributed by atoms with Crippen molar-refractivity contribution in [2.45, 2.75) is 6.61 Å². The summed E-state index contributed by atoms with van der Waals surface area (Å²) in [6.45, 7) is 0.0153. The van der Waals surface area contributed by atoms with Crippen LogP contribution in [0.25, 0.3) is 0 Å². The minimum absolute atomic E-state index is 0.0153. The zero-order chi connectivity index (χ0) is 12.3. The van der Waals surface area contributed by atoms with Crippen LogP contribution >= 0.6 is 11.6 Å². The zero-order valence-corrected chi connectivity index (χ0v) is 9.62. The number of halogens is 2. The molecule has 0 amide bonds. The van der Waals surface area contributed by atoms with Crippen LogP contribution < -0.4 is 10.5 Å². The Morgan fingerprint density at radius 3 is 2.82 bits per heavy atom. The summed E-state index contributed by atoms with van der Waals surface area (Å²) in [7, 11) is 0. The molecule has 2 N–H and O–H groups in total. The topological polar surface area (TPSA) is 48.1 Å². The molecule has 17 heavy (non-hydrogen) atoms. The number of aromatic nitrogens is 1. The van der Waals surface area contributed by atoms with Crippen LogP contribution in [-0.2, 0) is 6.61 Å². The van der Waals surface area contributed by atoms with E-state index >= 15 is 0 Å². The van der Waals surface area contributed by atoms with Crippen molar-refractivity contribution in [3.05, 3.63) is 52.9 Å². The molecule has 0 saturated carbocycles. The van der Waals surface area contributed by atoms with E-state index in [1.165, 1.54) is 6.07 Å². The first kappa shape index (κ1) is 11.7. The lowest BCUT2D eigenvalue weighted by Gasteiger charge is -2.09. The molecular weight excluding hydrogens is 243 g/mol. The molecule has 0 fully saturated rings. The number of nitrogens with zero attached hydrogens (tertiary/aromatic N) is 1. The Bertz CT molecular complexity index is 513. The standard InChI is InChI=1S/C12H10ClFN2O/c13-9-3-1-4-10(14)8(9)7-17-11-5-2-6-16-12(11)15/h1-6H,7H2,(H2,15,16). The number of benzene rings is 1. The van der Waals surface area contributed by atoms with Crippen LogP contribution in [0.3, 0.4) is 0 Å². The van der Waals surface area contributed by atoms with Crippen molar-refractivity contribution < 1.29 is 9.13 Å². The maximum absolute atomic E-state index is 13.4. The number of hydrogen-bond acceptors (Lipinski definition) is 3. The van der Waals surface area contributed by atoms with Crippen LogP contribution in [0.2, 0.25) is 5.02 Å². The van der Waals surface area contributed by atoms with Crippen molar-refractivity contribution in [1.29, 1.82) is 0 Å². The predicted octanol–water partition coefficient (Wildman–Crippen LogP) is 3.04. The number of rotatable bonds is 3. The molecule has 0 unspecified atom stereocenters. The number of nitrogen functional groups attached to an aromatic ring is 1. The minimum atomic E-state index is -0.403. The van der Waals surface area contributed by atoms with Crippen molar-refractivity contribution >= 4 is 17.4 Å². The second-order valence-corrected chi connectivity index (χ2v) is 3.78. The fourth-order valence-electron chi connectivity index (χ4n) is 1.34. The third kappa shape index (κ3) is 2.65. The first-order valence-electron chi connectivity index (χ1n) is 4.94. The van der Waals surface area contributed by atoms with E-state index in [-0.39, 0.29) is 12.4 Å². The maximum Gasteiger partial charge on any atom is 0.166 e. The number of anilines is 1. The SMILES string of the molecule is Nc1ncccc1OCc1c(F)cccc1Cl. The van der Waals surface area contributed by atoms with E-state index in [9.17, 15) is 4.39 Å². The monoisotopic (exact) mass is 252 g/mol. The van der Waals surface area contributed by atoms with E-state index in [2.05, 4.69) is 4.98 Å². The molecule has 5 heteroatoms. The third-order valence-corrected chi connectivity index (χ3v) is 2.59. The zero-order valence-electron chi connectivity index (χ0n) is 8.86. The van der Waals surface area contributed by atoms with Gasteiger partial charge in [-0.1, -0.05) is 17.7 Å². The summed E-state index contributed by atoms with van der Waals surface area (Å²) in [4.78, 5) is 3.86. The van der Waals surface area contributed by atoms with E-state index < -0.39 is 5.82 Å². The van der Waals surface area contributed by atoms with Crippen LogP contribution in [0.1, 0.15) is 5.56 Å². The average Bonchev–Trinajstić information content (AvgIpc) is 2.30. The smallest absolute Gasteiger partial charge is 0.166 e. The third-order valence-electron chi connectivity index (χ3n) is 2.23. The van der Waals surface area contributed by atoms with Crippen molar-refractivity contribution in [3.8, 4) is 5.75 Å². The molecule has 2 rings (SSSR count). The normalized spacial score (nSPS) is 10.2. The summed E-state index contributed by atoms with van der Waals surface area (Å²) in [5, 5.41) is 0.326. The Balaban J connectivity index is 2.16. The molecule has 2 aromatic rings. The largest absolute Gasteiger partial charge is 0.485 e. The van der Waals surface area contributed by atoms with E-state index in [4.69, 9.17) is 22.1 Å². The van der Waals surface area contributed by atoms with Gasteiger partial charge in [-0.3, -0.25) is 0 Å². The second kappa shape index (κ2) is 5.01. The van der Waals surface area contributed by atoms with Gasteiger partial charge in [0, 0.05) is 11.8 Å². The van der Waals surface area contributed by atoms with Crippen molar-refractivity contribution in [3.63, 3.8) is 0 Å². The molecular formula is C12H10ClFN2O. The molecule has 88 valence electrons. The Kier molecular flexibility index (Phi) is 3.44. The van der Waals surface area contributed by atoms with Crippen molar-refractivity contribution in [2.75, 3.05) is 5.73 Å². The van der Waals surface area contributed by atoms with Gasteiger partial charge in [0.25, 0.3) is 0 Å². The summed E-state index contributed by atoms with van der Waals surface area (Å²) in [6, 6.07) is 7.83. The molecule has 3 nitrogen and oxygen atoms in total. The van der Waals surface area contributed by atoms with Crippen LogP contribution in [0.15, 0.2) is 36.5 Å². The molecule has 0 radical (unpaired) electrons. The summed E-state index contributed by atoms with van der Waals surface area (Å²) < 4.78 is 18.8. The lowest BCUT2D eigenvalue weighted by Crippen LogP contribution is -2.02. The fraction of sp³-hybridized carbons (Fsp3) is 0.0833.